The summed E-state index contributed by atoms with van der Waals surface area (Å²) in [6, 6.07) is 9.36. The molecule has 0 spiro atoms. The van der Waals surface area contributed by atoms with E-state index in [0.717, 1.165) is 30.8 Å². The molecule has 0 aliphatic heterocycles. The van der Waals surface area contributed by atoms with Crippen LogP contribution in [0, 0.1) is 0 Å². The number of nitrogens with zero attached hydrogens (tertiary/aromatic N) is 3. The molecule has 1 saturated carbocycles. The van der Waals surface area contributed by atoms with Crippen LogP contribution in [0.1, 0.15) is 44.1 Å². The first kappa shape index (κ1) is 17.8. The number of anilines is 1. The second kappa shape index (κ2) is 7.21. The molecule has 0 atom stereocenters. The van der Waals surface area contributed by atoms with Gasteiger partial charge in [0.05, 0.1) is 17.5 Å². The molecule has 2 heterocycles. The Labute approximate surface area is 155 Å². The molecule has 1 N–H and O–H groups in total. The number of halogens is 3. The van der Waals surface area contributed by atoms with Gasteiger partial charge in [-0.15, -0.1) is 5.10 Å². The lowest BCUT2D eigenvalue weighted by atomic mass is 10.1. The van der Waals surface area contributed by atoms with E-state index in [0.29, 0.717) is 22.9 Å². The molecule has 1 fully saturated rings. The fraction of sp³-hybridized carbons (Fsp3) is 0.400. The molecule has 27 heavy (non-hydrogen) atoms. The molecule has 1 aliphatic carbocycles. The van der Waals surface area contributed by atoms with Crippen LogP contribution in [-0.4, -0.2) is 20.6 Å². The highest BCUT2D eigenvalue weighted by molar-refractivity contribution is 5.64. The second-order valence-corrected chi connectivity index (χ2v) is 7.04. The van der Waals surface area contributed by atoms with Crippen LogP contribution in [-0.2, 0) is 6.18 Å². The summed E-state index contributed by atoms with van der Waals surface area (Å²) >= 11 is 0. The van der Waals surface area contributed by atoms with Gasteiger partial charge in [0.25, 0.3) is 0 Å². The number of fused-ring (bicyclic) bond motifs is 1. The highest BCUT2D eigenvalue weighted by Crippen LogP contribution is 2.32. The van der Waals surface area contributed by atoms with Crippen LogP contribution in [0.5, 0.6) is 0 Å². The van der Waals surface area contributed by atoms with Gasteiger partial charge in [-0.1, -0.05) is 37.8 Å². The van der Waals surface area contributed by atoms with Crippen molar-refractivity contribution < 1.29 is 13.2 Å². The Hall–Kier alpha value is -2.57. The number of hydrogen-bond donors (Lipinski definition) is 1. The molecule has 2 aromatic heterocycles. The lowest BCUT2D eigenvalue weighted by molar-refractivity contribution is -0.137. The molecule has 1 aliphatic rings. The summed E-state index contributed by atoms with van der Waals surface area (Å²) in [6.07, 6.45) is 4.37. The topological polar surface area (TPSA) is 42.2 Å². The molecule has 142 valence electrons. The maximum absolute atomic E-state index is 13.0. The van der Waals surface area contributed by atoms with Crippen molar-refractivity contribution in [2.24, 2.45) is 0 Å². The van der Waals surface area contributed by atoms with Crippen molar-refractivity contribution in [3.8, 4) is 11.3 Å². The van der Waals surface area contributed by atoms with Gasteiger partial charge in [-0.2, -0.15) is 13.2 Å². The summed E-state index contributed by atoms with van der Waals surface area (Å²) < 4.78 is 40.7. The van der Waals surface area contributed by atoms with E-state index in [4.69, 9.17) is 0 Å². The van der Waals surface area contributed by atoms with E-state index in [1.165, 1.54) is 31.7 Å². The maximum atomic E-state index is 13.0. The summed E-state index contributed by atoms with van der Waals surface area (Å²) in [4.78, 5) is 4.28. The summed E-state index contributed by atoms with van der Waals surface area (Å²) in [5.74, 6) is 0.723. The first-order valence-corrected chi connectivity index (χ1v) is 9.30. The minimum atomic E-state index is -4.38. The molecule has 1 aromatic carbocycles. The molecular weight excluding hydrogens is 353 g/mol. The SMILES string of the molecule is FC(F)(F)c1cccc(-c2cnc3ccc(NC4CCCCCC4)nn23)c1. The molecule has 0 radical (unpaired) electrons. The zero-order valence-corrected chi connectivity index (χ0v) is 14.8. The molecule has 4 rings (SSSR count). The molecule has 0 unspecified atom stereocenters. The third-order valence-electron chi connectivity index (χ3n) is 5.06. The summed E-state index contributed by atoms with van der Waals surface area (Å²) in [7, 11) is 0. The third kappa shape index (κ3) is 3.91. The zero-order valence-electron chi connectivity index (χ0n) is 14.8. The molecule has 3 aromatic rings. The van der Waals surface area contributed by atoms with Crippen molar-refractivity contribution in [1.82, 2.24) is 14.6 Å². The molecule has 0 saturated heterocycles. The highest BCUT2D eigenvalue weighted by atomic mass is 19.4. The lowest BCUT2D eigenvalue weighted by Gasteiger charge is -2.17. The fourth-order valence-corrected chi connectivity index (χ4v) is 3.63. The van der Waals surface area contributed by atoms with Gasteiger partial charge in [-0.05, 0) is 37.1 Å². The predicted molar refractivity (Wildman–Crippen MR) is 98.5 cm³/mol. The standard InChI is InChI=1S/C20H21F3N4/c21-20(22,23)15-7-5-6-14(12-15)17-13-24-19-11-10-18(26-27(17)19)25-16-8-3-1-2-4-9-16/h5-7,10-13,16H,1-4,8-9H2,(H,25,26). The Kier molecular flexibility index (Phi) is 4.76. The first-order valence-electron chi connectivity index (χ1n) is 9.30. The lowest BCUT2D eigenvalue weighted by Crippen LogP contribution is -2.19. The van der Waals surface area contributed by atoms with Gasteiger partial charge >= 0.3 is 6.18 Å². The van der Waals surface area contributed by atoms with E-state index in [9.17, 15) is 13.2 Å². The van der Waals surface area contributed by atoms with E-state index in [1.54, 1.807) is 16.8 Å². The van der Waals surface area contributed by atoms with Gasteiger partial charge in [0.1, 0.15) is 5.82 Å². The van der Waals surface area contributed by atoms with Crippen molar-refractivity contribution in [3.63, 3.8) is 0 Å². The van der Waals surface area contributed by atoms with Gasteiger partial charge in [0.2, 0.25) is 0 Å². The van der Waals surface area contributed by atoms with Crippen molar-refractivity contribution in [2.45, 2.75) is 50.7 Å². The van der Waals surface area contributed by atoms with Crippen LogP contribution < -0.4 is 5.32 Å². The van der Waals surface area contributed by atoms with Crippen molar-refractivity contribution in [1.29, 1.82) is 0 Å². The van der Waals surface area contributed by atoms with E-state index in [-0.39, 0.29) is 0 Å². The van der Waals surface area contributed by atoms with Crippen LogP contribution in [0.3, 0.4) is 0 Å². The van der Waals surface area contributed by atoms with E-state index in [1.807, 2.05) is 12.1 Å². The molecular formula is C20H21F3N4. The zero-order chi connectivity index (χ0) is 18.9. The van der Waals surface area contributed by atoms with Gasteiger partial charge in [0, 0.05) is 11.6 Å². The van der Waals surface area contributed by atoms with Gasteiger partial charge in [-0.25, -0.2) is 9.50 Å². The number of alkyl halides is 3. The average Bonchev–Trinajstić information content (AvgIpc) is 2.89. The van der Waals surface area contributed by atoms with E-state index >= 15 is 0 Å². The summed E-state index contributed by atoms with van der Waals surface area (Å²) in [6.45, 7) is 0. The van der Waals surface area contributed by atoms with Gasteiger partial charge in [0.15, 0.2) is 5.65 Å². The average molecular weight is 374 g/mol. The summed E-state index contributed by atoms with van der Waals surface area (Å²) in [5.41, 5.74) is 0.911. The van der Waals surface area contributed by atoms with Crippen LogP contribution >= 0.6 is 0 Å². The van der Waals surface area contributed by atoms with Crippen LogP contribution in [0.15, 0.2) is 42.6 Å². The summed E-state index contributed by atoms with van der Waals surface area (Å²) in [5, 5.41) is 8.07. The minimum Gasteiger partial charge on any atom is -0.366 e. The maximum Gasteiger partial charge on any atom is 0.416 e. The third-order valence-corrected chi connectivity index (χ3v) is 5.06. The number of imidazole rings is 1. The van der Waals surface area contributed by atoms with E-state index < -0.39 is 11.7 Å². The Morgan fingerprint density at radius 2 is 1.78 bits per heavy atom. The predicted octanol–water partition coefficient (Wildman–Crippen LogP) is 5.55. The molecule has 4 nitrogen and oxygen atoms in total. The number of nitrogens with one attached hydrogen (secondary N) is 1. The number of benzene rings is 1. The van der Waals surface area contributed by atoms with Crippen molar-refractivity contribution in [2.75, 3.05) is 5.32 Å². The van der Waals surface area contributed by atoms with Crippen molar-refractivity contribution >= 4 is 11.5 Å². The quantitative estimate of drug-likeness (QED) is 0.611. The number of hydrogen-bond acceptors (Lipinski definition) is 3. The normalized spacial score (nSPS) is 16.4. The molecule has 0 bridgehead atoms. The fourth-order valence-electron chi connectivity index (χ4n) is 3.63. The molecule has 0 amide bonds. The smallest absolute Gasteiger partial charge is 0.366 e. The minimum absolute atomic E-state index is 0.387. The van der Waals surface area contributed by atoms with Gasteiger partial charge in [-0.3, -0.25) is 0 Å². The monoisotopic (exact) mass is 374 g/mol. The van der Waals surface area contributed by atoms with Gasteiger partial charge < -0.3 is 5.32 Å². The van der Waals surface area contributed by atoms with Crippen molar-refractivity contribution in [3.05, 3.63) is 48.2 Å². The second-order valence-electron chi connectivity index (χ2n) is 7.04. The van der Waals surface area contributed by atoms with E-state index in [2.05, 4.69) is 15.4 Å². The van der Waals surface area contributed by atoms with Crippen LogP contribution in [0.25, 0.3) is 16.9 Å². The Morgan fingerprint density at radius 1 is 1.00 bits per heavy atom. The number of aromatic nitrogens is 3. The van der Waals surface area contributed by atoms with Crippen LogP contribution in [0.2, 0.25) is 0 Å². The first-order chi connectivity index (χ1) is 13.0. The largest absolute Gasteiger partial charge is 0.416 e. The Balaban J connectivity index is 1.66. The Bertz CT molecular complexity index is 924. The molecule has 7 heteroatoms. The highest BCUT2D eigenvalue weighted by Gasteiger charge is 2.30. The Morgan fingerprint density at radius 3 is 2.52 bits per heavy atom. The van der Waals surface area contributed by atoms with Crippen LogP contribution in [0.4, 0.5) is 19.0 Å². The number of rotatable bonds is 3.